The summed E-state index contributed by atoms with van der Waals surface area (Å²) in [5, 5.41) is 11.1. The molecule has 0 aromatic rings. The second-order valence-corrected chi connectivity index (χ2v) is 3.65. The van der Waals surface area contributed by atoms with E-state index in [1.807, 2.05) is 27.7 Å². The Morgan fingerprint density at radius 3 is 1.24 bits per heavy atom. The first-order valence-electron chi connectivity index (χ1n) is 6.99. The summed E-state index contributed by atoms with van der Waals surface area (Å²) >= 11 is 0. The van der Waals surface area contributed by atoms with Gasteiger partial charge in [0.1, 0.15) is 0 Å². The van der Waals surface area contributed by atoms with Crippen molar-refractivity contribution < 1.29 is 78.6 Å². The standard InChI is InChI=1S/C4H12N2O.4C3H6.2Na.H3O3P/c5-1-2-6-3-4-7;4*1-3-2;;;1-4(2)3/h6-7H,1-5H2;4*3H,1H2,2H3;;;4H,(H2,1,2,3)/q;;;;;2*+1;/p-2. The molecule has 0 aliphatic carbocycles. The van der Waals surface area contributed by atoms with E-state index < -0.39 is 8.25 Å². The Bertz CT molecular complexity index is 204. The summed E-state index contributed by atoms with van der Waals surface area (Å²) in [6.07, 6.45) is 7.00. The molecule has 0 saturated heterocycles. The Hall–Kier alpha value is 0.990. The number of rotatable bonds is 4. The van der Waals surface area contributed by atoms with E-state index in [0.717, 1.165) is 6.54 Å². The maximum absolute atomic E-state index is 8.52. The fourth-order valence-corrected chi connectivity index (χ4v) is 0.306. The molecule has 0 atom stereocenters. The minimum atomic E-state index is -3.63. The third-order valence-corrected chi connectivity index (χ3v) is 0.610. The fraction of sp³-hybridized carbons (Fsp3) is 0.500. The van der Waals surface area contributed by atoms with E-state index in [9.17, 15) is 0 Å². The average molecular weight is 398 g/mol. The maximum atomic E-state index is 8.52. The van der Waals surface area contributed by atoms with Crippen molar-refractivity contribution in [3.8, 4) is 0 Å². The zero-order valence-electron chi connectivity index (χ0n) is 17.2. The van der Waals surface area contributed by atoms with Gasteiger partial charge < -0.3 is 30.5 Å². The van der Waals surface area contributed by atoms with Crippen molar-refractivity contribution in [2.75, 3.05) is 26.2 Å². The molecule has 0 amide bonds. The molecule has 0 fully saturated rings. The minimum Gasteiger partial charge on any atom is -0.813 e. The van der Waals surface area contributed by atoms with Crippen LogP contribution in [0.2, 0.25) is 0 Å². The van der Waals surface area contributed by atoms with Crippen LogP contribution < -0.4 is 80.0 Å². The number of nitrogens with two attached hydrogens (primary N) is 1. The first-order valence-corrected chi connectivity index (χ1v) is 8.21. The number of aliphatic hydroxyl groups is 1. The second-order valence-electron chi connectivity index (χ2n) is 3.15. The van der Waals surface area contributed by atoms with Crippen molar-refractivity contribution in [2.24, 2.45) is 5.73 Å². The molecule has 6 nitrogen and oxygen atoms in total. The predicted molar refractivity (Wildman–Crippen MR) is 101 cm³/mol. The molecular formula is C16H37N2Na2O4P. The van der Waals surface area contributed by atoms with Gasteiger partial charge in [-0.3, -0.25) is 0 Å². The number of hydrogen-bond acceptors (Lipinski definition) is 6. The van der Waals surface area contributed by atoms with Gasteiger partial charge in [-0.25, -0.2) is 0 Å². The van der Waals surface area contributed by atoms with Crippen LogP contribution in [0.4, 0.5) is 0 Å². The fourth-order valence-electron chi connectivity index (χ4n) is 0.306. The summed E-state index contributed by atoms with van der Waals surface area (Å²) < 4.78 is 8.52. The predicted octanol–water partition coefficient (Wildman–Crippen LogP) is -4.60. The molecule has 0 saturated carbocycles. The molecular weight excluding hydrogens is 361 g/mol. The zero-order chi connectivity index (χ0) is 19.9. The van der Waals surface area contributed by atoms with Crippen LogP contribution in [0.15, 0.2) is 50.6 Å². The van der Waals surface area contributed by atoms with Crippen molar-refractivity contribution >= 4 is 8.25 Å². The largest absolute Gasteiger partial charge is 1.00 e. The molecule has 0 aliphatic heterocycles. The Morgan fingerprint density at radius 2 is 1.12 bits per heavy atom. The van der Waals surface area contributed by atoms with Gasteiger partial charge in [-0.2, -0.15) is 0 Å². The molecule has 0 rings (SSSR count). The van der Waals surface area contributed by atoms with E-state index in [-0.39, 0.29) is 65.7 Å². The van der Waals surface area contributed by atoms with Crippen LogP contribution in [0.3, 0.4) is 0 Å². The molecule has 0 heterocycles. The normalized spacial score (nSPS) is 6.12. The summed E-state index contributed by atoms with van der Waals surface area (Å²) in [5.41, 5.74) is 5.13. The molecule has 9 heteroatoms. The molecule has 4 N–H and O–H groups in total. The molecule has 142 valence electrons. The van der Waals surface area contributed by atoms with Gasteiger partial charge in [0.25, 0.3) is 0 Å². The number of hydrogen-bond donors (Lipinski definition) is 3. The number of nitrogens with one attached hydrogen (secondary N) is 1. The molecule has 0 aromatic heterocycles. The zero-order valence-corrected chi connectivity index (χ0v) is 22.2. The number of aliphatic hydroxyl groups excluding tert-OH is 1. The third kappa shape index (κ3) is 530. The molecule has 0 radical (unpaired) electrons. The first kappa shape index (κ1) is 50.2. The van der Waals surface area contributed by atoms with Crippen LogP contribution in [0.25, 0.3) is 0 Å². The summed E-state index contributed by atoms with van der Waals surface area (Å²) in [4.78, 5) is 17.0. The van der Waals surface area contributed by atoms with E-state index >= 15 is 0 Å². The molecule has 0 unspecified atom stereocenters. The number of allylic oxidation sites excluding steroid dienone is 4. The van der Waals surface area contributed by atoms with E-state index in [0.29, 0.717) is 13.1 Å². The van der Waals surface area contributed by atoms with Gasteiger partial charge in [-0.15, -0.1) is 26.3 Å². The summed E-state index contributed by atoms with van der Waals surface area (Å²) in [6.45, 7) is 23.3. The molecule has 0 bridgehead atoms. The minimum absolute atomic E-state index is 0. The van der Waals surface area contributed by atoms with Crippen LogP contribution in [0.5, 0.6) is 0 Å². The van der Waals surface area contributed by atoms with Crippen molar-refractivity contribution in [1.29, 1.82) is 0 Å². The quantitative estimate of drug-likeness (QED) is 0.190. The van der Waals surface area contributed by atoms with Crippen LogP contribution >= 0.6 is 8.25 Å². The Balaban J connectivity index is -0.0000000238. The van der Waals surface area contributed by atoms with Crippen LogP contribution in [0, 0.1) is 0 Å². The van der Waals surface area contributed by atoms with E-state index in [1.54, 1.807) is 24.3 Å². The van der Waals surface area contributed by atoms with Crippen molar-refractivity contribution in [1.82, 2.24) is 5.32 Å². The van der Waals surface area contributed by atoms with E-state index in [1.165, 1.54) is 0 Å². The molecule has 0 spiro atoms. The van der Waals surface area contributed by atoms with Gasteiger partial charge in [0.05, 0.1) is 6.61 Å². The van der Waals surface area contributed by atoms with E-state index in [2.05, 4.69) is 31.6 Å². The maximum Gasteiger partial charge on any atom is 1.00 e. The van der Waals surface area contributed by atoms with Crippen LogP contribution in [-0.2, 0) is 4.57 Å². The summed E-state index contributed by atoms with van der Waals surface area (Å²) in [7, 11) is -3.63. The van der Waals surface area contributed by atoms with Crippen molar-refractivity contribution in [2.45, 2.75) is 27.7 Å². The average Bonchev–Trinajstić information content (AvgIpc) is 2.42. The molecule has 0 aromatic carbocycles. The van der Waals surface area contributed by atoms with Gasteiger partial charge in [0.2, 0.25) is 0 Å². The third-order valence-electron chi connectivity index (χ3n) is 0.610. The van der Waals surface area contributed by atoms with Crippen LogP contribution in [0.1, 0.15) is 27.7 Å². The Morgan fingerprint density at radius 1 is 0.920 bits per heavy atom. The first-order chi connectivity index (χ1) is 10.8. The van der Waals surface area contributed by atoms with E-state index in [4.69, 9.17) is 25.2 Å². The monoisotopic (exact) mass is 398 g/mol. The molecule has 0 aliphatic rings. The Labute approximate surface area is 200 Å². The Kier molecular flexibility index (Phi) is 171. The van der Waals surface area contributed by atoms with Gasteiger partial charge >= 0.3 is 59.1 Å². The second kappa shape index (κ2) is 85.2. The van der Waals surface area contributed by atoms with Gasteiger partial charge in [0.15, 0.2) is 0 Å². The topological polar surface area (TPSA) is 121 Å². The van der Waals surface area contributed by atoms with Crippen LogP contribution in [-0.4, -0.2) is 31.3 Å². The van der Waals surface area contributed by atoms with Gasteiger partial charge in [-0.1, -0.05) is 32.6 Å². The summed E-state index contributed by atoms with van der Waals surface area (Å²) in [5.74, 6) is 0. The van der Waals surface area contributed by atoms with Crippen molar-refractivity contribution in [3.05, 3.63) is 50.6 Å². The SMILES string of the molecule is C=CC.C=CC.C=CC.C=CC.NCCNCCO.O=[PH]([O-])[O-].[Na+].[Na+]. The molecule has 25 heavy (non-hydrogen) atoms. The van der Waals surface area contributed by atoms with Crippen molar-refractivity contribution in [3.63, 3.8) is 0 Å². The smallest absolute Gasteiger partial charge is 0.813 e. The van der Waals surface area contributed by atoms with Gasteiger partial charge in [-0.05, 0) is 27.7 Å². The van der Waals surface area contributed by atoms with Gasteiger partial charge in [0, 0.05) is 19.6 Å². The summed E-state index contributed by atoms with van der Waals surface area (Å²) in [6, 6.07) is 0.